The minimum atomic E-state index is -0.312. The van der Waals surface area contributed by atoms with E-state index in [1.54, 1.807) is 0 Å². The fourth-order valence-corrected chi connectivity index (χ4v) is 2.35. The monoisotopic (exact) mass is 310 g/mol. The van der Waals surface area contributed by atoms with Crippen LogP contribution in [0.25, 0.3) is 11.1 Å². The van der Waals surface area contributed by atoms with Crippen molar-refractivity contribution in [3.63, 3.8) is 0 Å². The van der Waals surface area contributed by atoms with Crippen LogP contribution < -0.4 is 10.1 Å². The number of benzene rings is 2. The normalized spacial score (nSPS) is 10.7. The first kappa shape index (κ1) is 15.1. The number of fused-ring (bicyclic) bond motifs is 1. The van der Waals surface area contributed by atoms with Crippen molar-refractivity contribution in [2.24, 2.45) is 0 Å². The highest BCUT2D eigenvalue weighted by Crippen LogP contribution is 2.21. The Hall–Kier alpha value is -2.82. The lowest BCUT2D eigenvalue weighted by Crippen LogP contribution is -2.20. The van der Waals surface area contributed by atoms with Gasteiger partial charge in [-0.1, -0.05) is 23.8 Å². The highest BCUT2D eigenvalue weighted by molar-refractivity contribution is 5.91. The summed E-state index contributed by atoms with van der Waals surface area (Å²) in [5.74, 6) is 0.382. The van der Waals surface area contributed by atoms with Crippen molar-refractivity contribution >= 4 is 23.0 Å². The molecule has 0 spiro atoms. The Kier molecular flexibility index (Phi) is 4.02. The lowest BCUT2D eigenvalue weighted by Gasteiger charge is -2.08. The van der Waals surface area contributed by atoms with E-state index < -0.39 is 0 Å². The SMILES string of the molecule is Cc1ccc(OCC(=O)Nc2nc3ccc(C)cc3o2)c(C)c1. The van der Waals surface area contributed by atoms with Crippen LogP contribution in [0.15, 0.2) is 40.8 Å². The molecule has 1 aromatic heterocycles. The summed E-state index contributed by atoms with van der Waals surface area (Å²) in [5.41, 5.74) is 4.58. The molecule has 5 nitrogen and oxygen atoms in total. The molecule has 0 unspecified atom stereocenters. The Morgan fingerprint density at radius 3 is 2.65 bits per heavy atom. The predicted molar refractivity (Wildman–Crippen MR) is 88.8 cm³/mol. The van der Waals surface area contributed by atoms with Crippen molar-refractivity contribution in [3.05, 3.63) is 53.1 Å². The lowest BCUT2D eigenvalue weighted by molar-refractivity contribution is -0.118. The fraction of sp³-hybridized carbons (Fsp3) is 0.222. The number of oxazole rings is 1. The molecule has 0 saturated heterocycles. The van der Waals surface area contributed by atoms with Gasteiger partial charge >= 0.3 is 6.01 Å². The summed E-state index contributed by atoms with van der Waals surface area (Å²) in [4.78, 5) is 16.2. The maximum absolute atomic E-state index is 12.0. The number of ether oxygens (including phenoxy) is 1. The van der Waals surface area contributed by atoms with E-state index in [1.807, 2.05) is 57.2 Å². The van der Waals surface area contributed by atoms with Crippen molar-refractivity contribution in [3.8, 4) is 5.75 Å². The third kappa shape index (κ3) is 3.51. The van der Waals surface area contributed by atoms with Crippen molar-refractivity contribution in [1.29, 1.82) is 0 Å². The summed E-state index contributed by atoms with van der Waals surface area (Å²) < 4.78 is 11.0. The van der Waals surface area contributed by atoms with Gasteiger partial charge in [0.25, 0.3) is 5.91 Å². The van der Waals surface area contributed by atoms with Crippen molar-refractivity contribution < 1.29 is 13.9 Å². The van der Waals surface area contributed by atoms with Crippen LogP contribution in [0.2, 0.25) is 0 Å². The molecule has 118 valence electrons. The van der Waals surface area contributed by atoms with E-state index in [-0.39, 0.29) is 18.5 Å². The second-order valence-electron chi connectivity index (χ2n) is 5.60. The van der Waals surface area contributed by atoms with Gasteiger partial charge in [-0.25, -0.2) is 0 Å². The number of aromatic nitrogens is 1. The summed E-state index contributed by atoms with van der Waals surface area (Å²) in [6.45, 7) is 5.83. The zero-order valence-electron chi connectivity index (χ0n) is 13.3. The first-order valence-electron chi connectivity index (χ1n) is 7.38. The van der Waals surface area contributed by atoms with E-state index in [0.717, 1.165) is 16.7 Å². The molecule has 0 aliphatic heterocycles. The molecule has 0 radical (unpaired) electrons. The van der Waals surface area contributed by atoms with Gasteiger partial charge in [0.15, 0.2) is 12.2 Å². The number of carbonyl (C=O) groups excluding carboxylic acids is 1. The molecule has 1 N–H and O–H groups in total. The molecular formula is C18H18N2O3. The molecule has 3 aromatic rings. The highest BCUT2D eigenvalue weighted by Gasteiger charge is 2.11. The lowest BCUT2D eigenvalue weighted by atomic mass is 10.1. The number of nitrogens with one attached hydrogen (secondary N) is 1. The maximum atomic E-state index is 12.0. The number of rotatable bonds is 4. The molecule has 0 atom stereocenters. The topological polar surface area (TPSA) is 64.4 Å². The van der Waals surface area contributed by atoms with Crippen LogP contribution in [0, 0.1) is 20.8 Å². The second kappa shape index (κ2) is 6.12. The fourth-order valence-electron chi connectivity index (χ4n) is 2.35. The number of carbonyl (C=O) groups is 1. The quantitative estimate of drug-likeness (QED) is 0.796. The van der Waals surface area contributed by atoms with Crippen LogP contribution in [-0.4, -0.2) is 17.5 Å². The minimum absolute atomic E-state index is 0.0956. The molecule has 3 rings (SSSR count). The van der Waals surface area contributed by atoms with Gasteiger partial charge in [0.1, 0.15) is 11.3 Å². The molecule has 1 heterocycles. The summed E-state index contributed by atoms with van der Waals surface area (Å²) in [6.07, 6.45) is 0. The first-order chi connectivity index (χ1) is 11.0. The average Bonchev–Trinajstić information content (AvgIpc) is 2.87. The van der Waals surface area contributed by atoms with E-state index in [2.05, 4.69) is 10.3 Å². The van der Waals surface area contributed by atoms with E-state index in [1.165, 1.54) is 0 Å². The average molecular weight is 310 g/mol. The van der Waals surface area contributed by atoms with E-state index in [4.69, 9.17) is 9.15 Å². The zero-order chi connectivity index (χ0) is 16.4. The highest BCUT2D eigenvalue weighted by atomic mass is 16.5. The third-order valence-corrected chi connectivity index (χ3v) is 3.48. The van der Waals surface area contributed by atoms with Crippen molar-refractivity contribution in [1.82, 2.24) is 4.98 Å². The Morgan fingerprint density at radius 1 is 1.13 bits per heavy atom. The van der Waals surface area contributed by atoms with Crippen LogP contribution in [-0.2, 0) is 4.79 Å². The van der Waals surface area contributed by atoms with Gasteiger partial charge in [-0.3, -0.25) is 10.1 Å². The van der Waals surface area contributed by atoms with Crippen LogP contribution >= 0.6 is 0 Å². The minimum Gasteiger partial charge on any atom is -0.483 e. The van der Waals surface area contributed by atoms with Gasteiger partial charge in [-0.05, 0) is 50.1 Å². The van der Waals surface area contributed by atoms with Crippen LogP contribution in [0.1, 0.15) is 16.7 Å². The Bertz CT molecular complexity index is 868. The molecule has 23 heavy (non-hydrogen) atoms. The summed E-state index contributed by atoms with van der Waals surface area (Å²) in [7, 11) is 0. The number of aryl methyl sites for hydroxylation is 3. The predicted octanol–water partition coefficient (Wildman–Crippen LogP) is 3.77. The molecule has 0 aliphatic carbocycles. The summed E-state index contributed by atoms with van der Waals surface area (Å²) >= 11 is 0. The molecular weight excluding hydrogens is 292 g/mol. The molecule has 1 amide bonds. The Morgan fingerprint density at radius 2 is 1.87 bits per heavy atom. The van der Waals surface area contributed by atoms with Crippen molar-refractivity contribution in [2.45, 2.75) is 20.8 Å². The van der Waals surface area contributed by atoms with Gasteiger partial charge in [0.2, 0.25) is 0 Å². The third-order valence-electron chi connectivity index (χ3n) is 3.48. The number of nitrogens with zero attached hydrogens (tertiary/aromatic N) is 1. The Balaban J connectivity index is 1.64. The molecule has 5 heteroatoms. The van der Waals surface area contributed by atoms with E-state index in [0.29, 0.717) is 16.8 Å². The smallest absolute Gasteiger partial charge is 0.302 e. The summed E-state index contributed by atoms with van der Waals surface area (Å²) in [6, 6.07) is 11.7. The molecule has 0 aliphatic rings. The summed E-state index contributed by atoms with van der Waals surface area (Å²) in [5, 5.41) is 2.61. The molecule has 2 aromatic carbocycles. The second-order valence-corrected chi connectivity index (χ2v) is 5.60. The number of anilines is 1. The van der Waals surface area contributed by atoms with Crippen LogP contribution in [0.3, 0.4) is 0 Å². The van der Waals surface area contributed by atoms with E-state index >= 15 is 0 Å². The number of amides is 1. The van der Waals surface area contributed by atoms with Gasteiger partial charge in [0.05, 0.1) is 0 Å². The maximum Gasteiger partial charge on any atom is 0.302 e. The van der Waals surface area contributed by atoms with Gasteiger partial charge in [-0.15, -0.1) is 0 Å². The van der Waals surface area contributed by atoms with E-state index in [9.17, 15) is 4.79 Å². The first-order valence-corrected chi connectivity index (χ1v) is 7.38. The number of hydrogen-bond acceptors (Lipinski definition) is 4. The van der Waals surface area contributed by atoms with Crippen molar-refractivity contribution in [2.75, 3.05) is 11.9 Å². The molecule has 0 saturated carbocycles. The Labute approximate surface area is 134 Å². The standard InChI is InChI=1S/C18H18N2O3/c1-11-5-7-15(13(3)8-11)22-10-17(21)20-18-19-14-6-4-12(2)9-16(14)23-18/h4-9H,10H2,1-3H3,(H,19,20,21). The number of hydrogen-bond donors (Lipinski definition) is 1. The van der Waals surface area contributed by atoms with Gasteiger partial charge in [0, 0.05) is 0 Å². The van der Waals surface area contributed by atoms with Gasteiger partial charge in [-0.2, -0.15) is 4.98 Å². The van der Waals surface area contributed by atoms with Gasteiger partial charge < -0.3 is 9.15 Å². The molecule has 0 fully saturated rings. The largest absolute Gasteiger partial charge is 0.483 e. The van der Waals surface area contributed by atoms with Crippen LogP contribution in [0.4, 0.5) is 6.01 Å². The molecule has 0 bridgehead atoms. The van der Waals surface area contributed by atoms with Crippen LogP contribution in [0.5, 0.6) is 5.75 Å². The zero-order valence-corrected chi connectivity index (χ0v) is 13.3.